The number of amides is 1. The topological polar surface area (TPSA) is 32.7 Å². The van der Waals surface area contributed by atoms with Crippen LogP contribution in [-0.2, 0) is 17.6 Å². The van der Waals surface area contributed by atoms with E-state index in [-0.39, 0.29) is 5.91 Å². The molecule has 0 atom stereocenters. The highest BCUT2D eigenvalue weighted by Crippen LogP contribution is 2.32. The fourth-order valence-electron chi connectivity index (χ4n) is 2.52. The second-order valence-electron chi connectivity index (χ2n) is 5.93. The number of hydrazone groups is 1. The maximum absolute atomic E-state index is 12.6. The zero-order chi connectivity index (χ0) is 18.5. The van der Waals surface area contributed by atoms with Crippen molar-refractivity contribution in [2.24, 2.45) is 5.10 Å². The molecule has 0 aromatic heterocycles. The number of thioether (sulfide) groups is 1. The number of nitrogens with zero attached hydrogens (tertiary/aromatic N) is 2. The standard InChI is InChI=1S/C21H20N2OS2/c1-3-15-5-9-17(10-6-15)13-19-20(24)23(21(25)26-19)22-14-18-11-7-16(4-2)8-12-18/h5-14H,3-4H2,1-2H3/b19-13+,22-14-. The van der Waals surface area contributed by atoms with Crippen LogP contribution in [0.15, 0.2) is 58.5 Å². The van der Waals surface area contributed by atoms with Crippen LogP contribution in [0.25, 0.3) is 6.08 Å². The summed E-state index contributed by atoms with van der Waals surface area (Å²) < 4.78 is 0.452. The Balaban J connectivity index is 1.75. The summed E-state index contributed by atoms with van der Waals surface area (Å²) in [7, 11) is 0. The lowest BCUT2D eigenvalue weighted by Crippen LogP contribution is -2.22. The van der Waals surface area contributed by atoms with Crippen LogP contribution < -0.4 is 0 Å². The quantitative estimate of drug-likeness (QED) is 0.413. The van der Waals surface area contributed by atoms with Crippen LogP contribution in [0.5, 0.6) is 0 Å². The molecule has 5 heteroatoms. The maximum atomic E-state index is 12.6. The fraction of sp³-hybridized carbons (Fsp3) is 0.190. The molecule has 0 N–H and O–H groups in total. The van der Waals surface area contributed by atoms with Gasteiger partial charge in [-0.05, 0) is 53.4 Å². The van der Waals surface area contributed by atoms with Crippen molar-refractivity contribution in [1.82, 2.24) is 5.01 Å². The first kappa shape index (κ1) is 18.5. The van der Waals surface area contributed by atoms with Crippen molar-refractivity contribution < 1.29 is 4.79 Å². The minimum Gasteiger partial charge on any atom is -0.266 e. The van der Waals surface area contributed by atoms with Crippen LogP contribution in [0.4, 0.5) is 0 Å². The number of carbonyl (C=O) groups is 1. The van der Waals surface area contributed by atoms with E-state index in [2.05, 4.69) is 43.2 Å². The Hall–Kier alpha value is -2.24. The molecule has 1 heterocycles. The number of rotatable bonds is 5. The summed E-state index contributed by atoms with van der Waals surface area (Å²) in [6, 6.07) is 16.3. The number of hydrogen-bond donors (Lipinski definition) is 0. The van der Waals surface area contributed by atoms with Gasteiger partial charge in [0.2, 0.25) is 0 Å². The van der Waals surface area contributed by atoms with Crippen LogP contribution in [0.3, 0.4) is 0 Å². The third kappa shape index (κ3) is 4.29. The molecule has 2 aromatic rings. The maximum Gasteiger partial charge on any atom is 0.286 e. The lowest BCUT2D eigenvalue weighted by molar-refractivity contribution is -0.122. The zero-order valence-corrected chi connectivity index (χ0v) is 16.4. The average Bonchev–Trinajstić information content (AvgIpc) is 2.94. The molecule has 3 rings (SSSR count). The van der Waals surface area contributed by atoms with Crippen molar-refractivity contribution in [2.45, 2.75) is 26.7 Å². The molecular formula is C21H20N2OS2. The number of aryl methyl sites for hydroxylation is 2. The first-order valence-electron chi connectivity index (χ1n) is 8.60. The highest BCUT2D eigenvalue weighted by molar-refractivity contribution is 8.26. The van der Waals surface area contributed by atoms with Gasteiger partial charge in [0.15, 0.2) is 4.32 Å². The smallest absolute Gasteiger partial charge is 0.266 e. The van der Waals surface area contributed by atoms with Crippen LogP contribution in [-0.4, -0.2) is 21.5 Å². The second-order valence-corrected chi connectivity index (χ2v) is 7.60. The minimum absolute atomic E-state index is 0.180. The van der Waals surface area contributed by atoms with Gasteiger partial charge in [-0.25, -0.2) is 0 Å². The summed E-state index contributed by atoms with van der Waals surface area (Å²) in [5, 5.41) is 5.58. The molecule has 1 aliphatic heterocycles. The molecule has 1 aliphatic rings. The summed E-state index contributed by atoms with van der Waals surface area (Å²) in [5.74, 6) is -0.180. The van der Waals surface area contributed by atoms with E-state index in [1.807, 2.05) is 30.3 Å². The Morgan fingerprint density at radius 1 is 0.962 bits per heavy atom. The van der Waals surface area contributed by atoms with Gasteiger partial charge in [-0.1, -0.05) is 74.1 Å². The second kappa shape index (κ2) is 8.43. The van der Waals surface area contributed by atoms with E-state index in [0.29, 0.717) is 9.23 Å². The Morgan fingerprint density at radius 2 is 1.50 bits per heavy atom. The van der Waals surface area contributed by atoms with Gasteiger partial charge >= 0.3 is 0 Å². The molecule has 2 aromatic carbocycles. The van der Waals surface area contributed by atoms with E-state index >= 15 is 0 Å². The lowest BCUT2D eigenvalue weighted by atomic mass is 10.1. The number of carbonyl (C=O) groups excluding carboxylic acids is 1. The van der Waals surface area contributed by atoms with E-state index in [9.17, 15) is 4.79 Å². The van der Waals surface area contributed by atoms with E-state index < -0.39 is 0 Å². The Labute approximate surface area is 163 Å². The predicted molar refractivity (Wildman–Crippen MR) is 114 cm³/mol. The van der Waals surface area contributed by atoms with Gasteiger partial charge in [0.25, 0.3) is 5.91 Å². The highest BCUT2D eigenvalue weighted by atomic mass is 32.2. The molecule has 0 aliphatic carbocycles. The molecule has 1 amide bonds. The van der Waals surface area contributed by atoms with E-state index in [1.54, 1.807) is 6.21 Å². The van der Waals surface area contributed by atoms with E-state index in [1.165, 1.54) is 27.9 Å². The van der Waals surface area contributed by atoms with Crippen molar-refractivity contribution in [1.29, 1.82) is 0 Å². The molecule has 1 fully saturated rings. The van der Waals surface area contributed by atoms with Crippen molar-refractivity contribution in [2.75, 3.05) is 0 Å². The molecule has 0 unspecified atom stereocenters. The fourth-order valence-corrected chi connectivity index (χ4v) is 3.70. The summed E-state index contributed by atoms with van der Waals surface area (Å²) in [6.45, 7) is 4.24. The third-order valence-electron chi connectivity index (χ3n) is 4.17. The molecule has 132 valence electrons. The Kier molecular flexibility index (Phi) is 6.01. The van der Waals surface area contributed by atoms with Gasteiger partial charge in [0.05, 0.1) is 11.1 Å². The monoisotopic (exact) mass is 380 g/mol. The van der Waals surface area contributed by atoms with Gasteiger partial charge in [-0.3, -0.25) is 4.79 Å². The number of benzene rings is 2. The van der Waals surface area contributed by atoms with Crippen LogP contribution >= 0.6 is 24.0 Å². The normalized spacial score (nSPS) is 16.2. The molecule has 3 nitrogen and oxygen atoms in total. The average molecular weight is 381 g/mol. The minimum atomic E-state index is -0.180. The van der Waals surface area contributed by atoms with Gasteiger partial charge in [-0.15, -0.1) is 0 Å². The molecule has 0 spiro atoms. The molecular weight excluding hydrogens is 360 g/mol. The van der Waals surface area contributed by atoms with E-state index in [4.69, 9.17) is 12.2 Å². The van der Waals surface area contributed by atoms with Crippen molar-refractivity contribution in [3.63, 3.8) is 0 Å². The number of thiocarbonyl (C=S) groups is 1. The summed E-state index contributed by atoms with van der Waals surface area (Å²) in [4.78, 5) is 13.2. The first-order chi connectivity index (χ1) is 12.6. The van der Waals surface area contributed by atoms with Gasteiger partial charge in [0, 0.05) is 0 Å². The molecule has 0 radical (unpaired) electrons. The molecule has 26 heavy (non-hydrogen) atoms. The zero-order valence-electron chi connectivity index (χ0n) is 14.8. The summed E-state index contributed by atoms with van der Waals surface area (Å²) in [5.41, 5.74) is 4.47. The SMILES string of the molecule is CCc1ccc(/C=N\N2C(=O)/C(=C\c3ccc(CC)cc3)SC2=S)cc1. The first-order valence-corrected chi connectivity index (χ1v) is 9.83. The summed E-state index contributed by atoms with van der Waals surface area (Å²) >= 11 is 6.60. The van der Waals surface area contributed by atoms with Crippen molar-refractivity contribution in [3.05, 3.63) is 75.7 Å². The van der Waals surface area contributed by atoms with Gasteiger partial charge < -0.3 is 0 Å². The number of hydrogen-bond acceptors (Lipinski definition) is 4. The van der Waals surface area contributed by atoms with Crippen LogP contribution in [0.2, 0.25) is 0 Å². The lowest BCUT2D eigenvalue weighted by Gasteiger charge is -2.06. The van der Waals surface area contributed by atoms with Gasteiger partial charge in [-0.2, -0.15) is 10.1 Å². The van der Waals surface area contributed by atoms with Crippen LogP contribution in [0.1, 0.15) is 36.1 Å². The molecule has 0 bridgehead atoms. The molecule has 0 saturated carbocycles. The van der Waals surface area contributed by atoms with Crippen molar-refractivity contribution in [3.8, 4) is 0 Å². The third-order valence-corrected chi connectivity index (χ3v) is 5.45. The Bertz CT molecular complexity index is 868. The summed E-state index contributed by atoms with van der Waals surface area (Å²) in [6.07, 6.45) is 5.53. The highest BCUT2D eigenvalue weighted by Gasteiger charge is 2.31. The van der Waals surface area contributed by atoms with Crippen LogP contribution in [0, 0.1) is 0 Å². The largest absolute Gasteiger partial charge is 0.286 e. The Morgan fingerprint density at radius 3 is 2.04 bits per heavy atom. The predicted octanol–water partition coefficient (Wildman–Crippen LogP) is 5.05. The van der Waals surface area contributed by atoms with E-state index in [0.717, 1.165) is 24.0 Å². The van der Waals surface area contributed by atoms with Crippen molar-refractivity contribution >= 4 is 46.5 Å². The molecule has 1 saturated heterocycles. The van der Waals surface area contributed by atoms with Gasteiger partial charge in [0.1, 0.15) is 0 Å².